The van der Waals surface area contributed by atoms with Gasteiger partial charge in [0.1, 0.15) is 5.69 Å². The number of nitrogens with one attached hydrogen (secondary N) is 1. The zero-order valence-electron chi connectivity index (χ0n) is 15.6. The highest BCUT2D eigenvalue weighted by Gasteiger charge is 2.14. The SMILES string of the molecule is Nc1ncc(-c2ccc(N3CCCCC3)cc2)nc1-c1nc2ccccc2[nH]1. The van der Waals surface area contributed by atoms with Crippen molar-refractivity contribution in [2.24, 2.45) is 0 Å². The second-order valence-corrected chi connectivity index (χ2v) is 7.19. The lowest BCUT2D eigenvalue weighted by atomic mass is 10.1. The first-order valence-electron chi connectivity index (χ1n) is 9.71. The Hall–Kier alpha value is -3.41. The minimum Gasteiger partial charge on any atom is -0.382 e. The standard InChI is InChI=1S/C22H22N6/c23-21-20(22-26-17-6-2-3-7-18(17)27-22)25-19(14-24-21)15-8-10-16(11-9-15)28-12-4-1-5-13-28/h2-3,6-11,14H,1,4-5,12-13H2,(H2,23,24)(H,26,27). The molecule has 0 bridgehead atoms. The van der Waals surface area contributed by atoms with Gasteiger partial charge >= 0.3 is 0 Å². The number of nitrogens with zero attached hydrogens (tertiary/aromatic N) is 4. The summed E-state index contributed by atoms with van der Waals surface area (Å²) in [6, 6.07) is 16.4. The molecule has 0 spiro atoms. The Morgan fingerprint density at radius 3 is 2.46 bits per heavy atom. The van der Waals surface area contributed by atoms with E-state index >= 15 is 0 Å². The lowest BCUT2D eigenvalue weighted by molar-refractivity contribution is 0.578. The number of rotatable bonds is 3. The van der Waals surface area contributed by atoms with E-state index in [9.17, 15) is 0 Å². The third kappa shape index (κ3) is 3.07. The van der Waals surface area contributed by atoms with E-state index < -0.39 is 0 Å². The monoisotopic (exact) mass is 370 g/mol. The van der Waals surface area contributed by atoms with Gasteiger partial charge in [-0.2, -0.15) is 0 Å². The molecule has 0 unspecified atom stereocenters. The van der Waals surface area contributed by atoms with Crippen LogP contribution in [0.15, 0.2) is 54.7 Å². The average molecular weight is 370 g/mol. The first kappa shape index (κ1) is 16.7. The van der Waals surface area contributed by atoms with Crippen LogP contribution in [0.1, 0.15) is 19.3 Å². The van der Waals surface area contributed by atoms with Gasteiger partial charge < -0.3 is 15.6 Å². The Bertz CT molecular complexity index is 1080. The van der Waals surface area contributed by atoms with Gasteiger partial charge in [0, 0.05) is 24.3 Å². The molecule has 6 nitrogen and oxygen atoms in total. The van der Waals surface area contributed by atoms with Crippen molar-refractivity contribution in [3.63, 3.8) is 0 Å². The van der Waals surface area contributed by atoms with Crippen LogP contribution in [0.5, 0.6) is 0 Å². The largest absolute Gasteiger partial charge is 0.382 e. The Balaban J connectivity index is 1.48. The first-order chi connectivity index (χ1) is 13.8. The molecule has 1 aliphatic rings. The summed E-state index contributed by atoms with van der Waals surface area (Å²) in [7, 11) is 0. The number of para-hydroxylation sites is 2. The van der Waals surface area contributed by atoms with E-state index in [-0.39, 0.29) is 0 Å². The molecule has 0 saturated carbocycles. The highest BCUT2D eigenvalue weighted by molar-refractivity contribution is 5.81. The Morgan fingerprint density at radius 2 is 1.68 bits per heavy atom. The first-order valence-corrected chi connectivity index (χ1v) is 9.71. The van der Waals surface area contributed by atoms with E-state index in [4.69, 9.17) is 10.7 Å². The second kappa shape index (κ2) is 6.96. The van der Waals surface area contributed by atoms with Gasteiger partial charge in [0.15, 0.2) is 11.6 Å². The normalized spacial score (nSPS) is 14.5. The quantitative estimate of drug-likeness (QED) is 0.563. The van der Waals surface area contributed by atoms with Gasteiger partial charge in [-0.3, -0.25) is 0 Å². The van der Waals surface area contributed by atoms with Crippen LogP contribution in [0, 0.1) is 0 Å². The maximum absolute atomic E-state index is 6.10. The third-order valence-corrected chi connectivity index (χ3v) is 5.30. The Labute approximate surface area is 163 Å². The molecule has 140 valence electrons. The molecule has 1 aliphatic heterocycles. The topological polar surface area (TPSA) is 83.7 Å². The summed E-state index contributed by atoms with van der Waals surface area (Å²) in [5, 5.41) is 0. The zero-order valence-corrected chi connectivity index (χ0v) is 15.6. The molecule has 3 N–H and O–H groups in total. The predicted molar refractivity (Wildman–Crippen MR) is 113 cm³/mol. The molecular formula is C22H22N6. The fraction of sp³-hybridized carbons (Fsp3) is 0.227. The molecule has 0 amide bonds. The maximum atomic E-state index is 6.10. The highest BCUT2D eigenvalue weighted by atomic mass is 15.1. The van der Waals surface area contributed by atoms with E-state index in [2.05, 4.69) is 44.1 Å². The van der Waals surface area contributed by atoms with Crippen molar-refractivity contribution in [2.45, 2.75) is 19.3 Å². The van der Waals surface area contributed by atoms with Crippen LogP contribution in [-0.4, -0.2) is 33.0 Å². The number of nitrogen functional groups attached to an aromatic ring is 1. The van der Waals surface area contributed by atoms with Gasteiger partial charge in [0.25, 0.3) is 0 Å². The molecule has 6 heteroatoms. The van der Waals surface area contributed by atoms with Gasteiger partial charge in [-0.15, -0.1) is 0 Å². The second-order valence-electron chi connectivity index (χ2n) is 7.19. The number of nitrogens with two attached hydrogens (primary N) is 1. The maximum Gasteiger partial charge on any atom is 0.161 e. The number of aromatic amines is 1. The van der Waals surface area contributed by atoms with E-state index in [1.807, 2.05) is 24.3 Å². The number of anilines is 2. The lowest BCUT2D eigenvalue weighted by Gasteiger charge is -2.28. The van der Waals surface area contributed by atoms with Crippen molar-refractivity contribution in [3.8, 4) is 22.8 Å². The lowest BCUT2D eigenvalue weighted by Crippen LogP contribution is -2.29. The molecule has 1 saturated heterocycles. The number of aromatic nitrogens is 4. The zero-order chi connectivity index (χ0) is 18.9. The minimum atomic E-state index is 0.368. The molecule has 3 heterocycles. The highest BCUT2D eigenvalue weighted by Crippen LogP contribution is 2.28. The van der Waals surface area contributed by atoms with Crippen molar-refractivity contribution in [1.82, 2.24) is 19.9 Å². The minimum absolute atomic E-state index is 0.368. The van der Waals surface area contributed by atoms with Crippen LogP contribution in [0.4, 0.5) is 11.5 Å². The molecule has 2 aromatic carbocycles. The Morgan fingerprint density at radius 1 is 0.893 bits per heavy atom. The molecule has 5 rings (SSSR count). The molecule has 0 radical (unpaired) electrons. The molecule has 4 aromatic rings. The summed E-state index contributed by atoms with van der Waals surface area (Å²) in [5.41, 5.74) is 11.6. The van der Waals surface area contributed by atoms with Crippen LogP contribution < -0.4 is 10.6 Å². The Kier molecular flexibility index (Phi) is 4.16. The molecule has 0 aliphatic carbocycles. The van der Waals surface area contributed by atoms with Crippen LogP contribution in [0.2, 0.25) is 0 Å². The number of benzene rings is 2. The fourth-order valence-electron chi connectivity index (χ4n) is 3.77. The summed E-state index contributed by atoms with van der Waals surface area (Å²) in [5.74, 6) is 1.01. The smallest absolute Gasteiger partial charge is 0.161 e. The van der Waals surface area contributed by atoms with E-state index in [0.29, 0.717) is 17.3 Å². The summed E-state index contributed by atoms with van der Waals surface area (Å²) in [6.45, 7) is 2.27. The van der Waals surface area contributed by atoms with Gasteiger partial charge in [0.2, 0.25) is 0 Å². The van der Waals surface area contributed by atoms with Crippen molar-refractivity contribution < 1.29 is 0 Å². The van der Waals surface area contributed by atoms with Crippen molar-refractivity contribution in [2.75, 3.05) is 23.7 Å². The summed E-state index contributed by atoms with van der Waals surface area (Å²) >= 11 is 0. The predicted octanol–water partition coefficient (Wildman–Crippen LogP) is 4.26. The van der Waals surface area contributed by atoms with Crippen molar-refractivity contribution >= 4 is 22.5 Å². The van der Waals surface area contributed by atoms with E-state index in [1.54, 1.807) is 6.20 Å². The number of hydrogen-bond donors (Lipinski definition) is 2. The fourth-order valence-corrected chi connectivity index (χ4v) is 3.77. The molecule has 2 aromatic heterocycles. The van der Waals surface area contributed by atoms with E-state index in [1.165, 1.54) is 24.9 Å². The molecule has 0 atom stereocenters. The third-order valence-electron chi connectivity index (χ3n) is 5.30. The van der Waals surface area contributed by atoms with Gasteiger partial charge in [0.05, 0.1) is 22.9 Å². The van der Waals surface area contributed by atoms with E-state index in [0.717, 1.165) is 35.4 Å². The van der Waals surface area contributed by atoms with Crippen LogP contribution in [0.3, 0.4) is 0 Å². The molecule has 28 heavy (non-hydrogen) atoms. The number of piperidine rings is 1. The number of H-pyrrole nitrogens is 1. The molecular weight excluding hydrogens is 348 g/mol. The number of imidazole rings is 1. The molecule has 1 fully saturated rings. The van der Waals surface area contributed by atoms with Gasteiger partial charge in [-0.1, -0.05) is 24.3 Å². The number of hydrogen-bond acceptors (Lipinski definition) is 5. The van der Waals surface area contributed by atoms with Crippen LogP contribution >= 0.6 is 0 Å². The van der Waals surface area contributed by atoms with Crippen molar-refractivity contribution in [1.29, 1.82) is 0 Å². The van der Waals surface area contributed by atoms with Gasteiger partial charge in [-0.05, 0) is 43.5 Å². The average Bonchev–Trinajstić information content (AvgIpc) is 3.19. The van der Waals surface area contributed by atoms with Crippen LogP contribution in [0.25, 0.3) is 33.8 Å². The summed E-state index contributed by atoms with van der Waals surface area (Å²) < 4.78 is 0. The van der Waals surface area contributed by atoms with Gasteiger partial charge in [-0.25, -0.2) is 15.0 Å². The summed E-state index contributed by atoms with van der Waals surface area (Å²) in [4.78, 5) is 19.5. The van der Waals surface area contributed by atoms with Crippen LogP contribution in [-0.2, 0) is 0 Å². The number of fused-ring (bicyclic) bond motifs is 1. The van der Waals surface area contributed by atoms with Crippen molar-refractivity contribution in [3.05, 3.63) is 54.7 Å². The summed E-state index contributed by atoms with van der Waals surface area (Å²) in [6.07, 6.45) is 5.59.